The van der Waals surface area contributed by atoms with Gasteiger partial charge >= 0.3 is 0 Å². The molecule has 0 bridgehead atoms. The van der Waals surface area contributed by atoms with Crippen molar-refractivity contribution in [3.63, 3.8) is 0 Å². The standard InChI is InChI=1S/C17H21NO3/c1-13-12-15(7-6-14(13)4-2-10-19)18-17(20)9-8-16-5-3-11-21-16/h6-7,12,16,19H,3,5,8-11H2,1H3,(H,18,20). The summed E-state index contributed by atoms with van der Waals surface area (Å²) in [4.78, 5) is 11.9. The van der Waals surface area contributed by atoms with Crippen LogP contribution in [0.1, 0.15) is 36.8 Å². The molecule has 0 spiro atoms. The van der Waals surface area contributed by atoms with E-state index in [1.165, 1.54) is 0 Å². The van der Waals surface area contributed by atoms with Crippen molar-refractivity contribution in [1.29, 1.82) is 0 Å². The quantitative estimate of drug-likeness (QED) is 0.835. The molecule has 1 aromatic rings. The number of aliphatic hydroxyl groups excluding tert-OH is 1. The van der Waals surface area contributed by atoms with Gasteiger partial charge in [-0.25, -0.2) is 0 Å². The first kappa shape index (κ1) is 15.6. The summed E-state index contributed by atoms with van der Waals surface area (Å²) >= 11 is 0. The molecule has 1 aromatic carbocycles. The number of nitrogens with one attached hydrogen (secondary N) is 1. The Morgan fingerprint density at radius 2 is 2.38 bits per heavy atom. The third-order valence-electron chi connectivity index (χ3n) is 3.53. The highest BCUT2D eigenvalue weighted by atomic mass is 16.5. The van der Waals surface area contributed by atoms with Crippen molar-refractivity contribution in [2.24, 2.45) is 0 Å². The van der Waals surface area contributed by atoms with Crippen LogP contribution >= 0.6 is 0 Å². The molecule has 0 saturated carbocycles. The molecule has 1 saturated heterocycles. The second kappa shape index (κ2) is 7.82. The maximum absolute atomic E-state index is 11.9. The zero-order chi connectivity index (χ0) is 15.1. The van der Waals surface area contributed by atoms with Crippen molar-refractivity contribution in [3.8, 4) is 11.8 Å². The van der Waals surface area contributed by atoms with Gasteiger partial charge in [-0.15, -0.1) is 0 Å². The molecule has 4 heteroatoms. The van der Waals surface area contributed by atoms with Crippen LogP contribution in [0.15, 0.2) is 18.2 Å². The van der Waals surface area contributed by atoms with E-state index in [0.29, 0.717) is 6.42 Å². The maximum Gasteiger partial charge on any atom is 0.224 e. The fraction of sp³-hybridized carbons (Fsp3) is 0.471. The highest BCUT2D eigenvalue weighted by molar-refractivity contribution is 5.90. The van der Waals surface area contributed by atoms with Crippen molar-refractivity contribution < 1.29 is 14.6 Å². The summed E-state index contributed by atoms with van der Waals surface area (Å²) in [7, 11) is 0. The van der Waals surface area contributed by atoms with E-state index in [9.17, 15) is 4.79 Å². The van der Waals surface area contributed by atoms with E-state index in [2.05, 4.69) is 17.2 Å². The van der Waals surface area contributed by atoms with Crippen molar-refractivity contribution in [3.05, 3.63) is 29.3 Å². The van der Waals surface area contributed by atoms with Gasteiger partial charge in [0.15, 0.2) is 0 Å². The Morgan fingerprint density at radius 3 is 3.05 bits per heavy atom. The molecule has 1 aliphatic heterocycles. The molecule has 2 rings (SSSR count). The van der Waals surface area contributed by atoms with Crippen LogP contribution in [0.4, 0.5) is 5.69 Å². The largest absolute Gasteiger partial charge is 0.384 e. The van der Waals surface area contributed by atoms with Crippen LogP contribution in [0.2, 0.25) is 0 Å². The van der Waals surface area contributed by atoms with Gasteiger partial charge in [0.1, 0.15) is 6.61 Å². The molecule has 1 unspecified atom stereocenters. The second-order valence-corrected chi connectivity index (χ2v) is 5.21. The number of amides is 1. The van der Waals surface area contributed by atoms with Gasteiger partial charge in [0.25, 0.3) is 0 Å². The molecule has 1 amide bonds. The van der Waals surface area contributed by atoms with Gasteiger partial charge in [0, 0.05) is 24.3 Å². The summed E-state index contributed by atoms with van der Waals surface area (Å²) in [6.45, 7) is 2.60. The fourth-order valence-electron chi connectivity index (χ4n) is 2.40. The van der Waals surface area contributed by atoms with E-state index in [4.69, 9.17) is 9.84 Å². The smallest absolute Gasteiger partial charge is 0.224 e. The number of anilines is 1. The van der Waals surface area contributed by atoms with E-state index in [0.717, 1.165) is 42.7 Å². The molecule has 1 aliphatic rings. The minimum atomic E-state index is -0.152. The fourth-order valence-corrected chi connectivity index (χ4v) is 2.40. The van der Waals surface area contributed by atoms with E-state index in [1.54, 1.807) is 0 Å². The third-order valence-corrected chi connectivity index (χ3v) is 3.53. The van der Waals surface area contributed by atoms with E-state index >= 15 is 0 Å². The van der Waals surface area contributed by atoms with Gasteiger partial charge in [-0.05, 0) is 49.9 Å². The number of hydrogen-bond acceptors (Lipinski definition) is 3. The Hall–Kier alpha value is -1.83. The zero-order valence-electron chi connectivity index (χ0n) is 12.3. The minimum absolute atomic E-state index is 0.0130. The molecule has 1 heterocycles. The molecule has 21 heavy (non-hydrogen) atoms. The first-order valence-electron chi connectivity index (χ1n) is 7.31. The molecule has 112 valence electrons. The molecule has 0 radical (unpaired) electrons. The number of ether oxygens (including phenoxy) is 1. The van der Waals surface area contributed by atoms with E-state index < -0.39 is 0 Å². The summed E-state index contributed by atoms with van der Waals surface area (Å²) in [6, 6.07) is 5.58. The SMILES string of the molecule is Cc1cc(NC(=O)CCC2CCCO2)ccc1C#CCO. The van der Waals surface area contributed by atoms with Crippen LogP contribution < -0.4 is 5.32 Å². The average molecular weight is 287 g/mol. The Bertz CT molecular complexity index is 551. The van der Waals surface area contributed by atoms with Crippen molar-refractivity contribution in [2.45, 2.75) is 38.7 Å². The third kappa shape index (κ3) is 4.89. The lowest BCUT2D eigenvalue weighted by Gasteiger charge is -2.10. The normalized spacial score (nSPS) is 17.1. The first-order valence-corrected chi connectivity index (χ1v) is 7.31. The molecular formula is C17H21NO3. The average Bonchev–Trinajstić information content (AvgIpc) is 2.98. The molecule has 1 atom stereocenters. The minimum Gasteiger partial charge on any atom is -0.384 e. The lowest BCUT2D eigenvalue weighted by atomic mass is 10.1. The lowest BCUT2D eigenvalue weighted by Crippen LogP contribution is -2.15. The van der Waals surface area contributed by atoms with Crippen LogP contribution in [0.5, 0.6) is 0 Å². The highest BCUT2D eigenvalue weighted by Gasteiger charge is 2.16. The summed E-state index contributed by atoms with van der Waals surface area (Å²) in [6.07, 6.45) is 3.67. The topological polar surface area (TPSA) is 58.6 Å². The Labute approximate surface area is 125 Å². The summed E-state index contributed by atoms with van der Waals surface area (Å²) in [5, 5.41) is 11.6. The van der Waals surface area contributed by atoms with Gasteiger partial charge in [-0.3, -0.25) is 4.79 Å². The molecule has 1 fully saturated rings. The summed E-state index contributed by atoms with van der Waals surface area (Å²) in [5.74, 6) is 5.51. The molecule has 2 N–H and O–H groups in total. The lowest BCUT2D eigenvalue weighted by molar-refractivity contribution is -0.116. The summed E-state index contributed by atoms with van der Waals surface area (Å²) < 4.78 is 5.51. The predicted molar refractivity (Wildman–Crippen MR) is 82.0 cm³/mol. The number of rotatable bonds is 4. The Morgan fingerprint density at radius 1 is 1.52 bits per heavy atom. The van der Waals surface area contributed by atoms with Gasteiger partial charge in [-0.2, -0.15) is 0 Å². The number of aliphatic hydroxyl groups is 1. The monoisotopic (exact) mass is 287 g/mol. The number of carbonyl (C=O) groups excluding carboxylic acids is 1. The van der Waals surface area contributed by atoms with Crippen molar-refractivity contribution >= 4 is 11.6 Å². The van der Waals surface area contributed by atoms with E-state index in [1.807, 2.05) is 25.1 Å². The highest BCUT2D eigenvalue weighted by Crippen LogP contribution is 2.18. The molecule has 4 nitrogen and oxygen atoms in total. The van der Waals surface area contributed by atoms with Gasteiger partial charge < -0.3 is 15.2 Å². The van der Waals surface area contributed by atoms with Crippen molar-refractivity contribution in [2.75, 3.05) is 18.5 Å². The Kier molecular flexibility index (Phi) is 5.79. The number of carbonyl (C=O) groups is 1. The molecule has 0 aromatic heterocycles. The van der Waals surface area contributed by atoms with Crippen LogP contribution in [0.25, 0.3) is 0 Å². The van der Waals surface area contributed by atoms with Crippen LogP contribution in [0.3, 0.4) is 0 Å². The first-order chi connectivity index (χ1) is 10.2. The van der Waals surface area contributed by atoms with E-state index in [-0.39, 0.29) is 18.6 Å². The molecular weight excluding hydrogens is 266 g/mol. The maximum atomic E-state index is 11.9. The molecule has 0 aliphatic carbocycles. The second-order valence-electron chi connectivity index (χ2n) is 5.21. The van der Waals surface area contributed by atoms with Gasteiger partial charge in [-0.1, -0.05) is 11.8 Å². The van der Waals surface area contributed by atoms with Gasteiger partial charge in [0.2, 0.25) is 5.91 Å². The number of hydrogen-bond donors (Lipinski definition) is 2. The van der Waals surface area contributed by atoms with Crippen LogP contribution in [-0.2, 0) is 9.53 Å². The Balaban J connectivity index is 1.87. The number of benzene rings is 1. The van der Waals surface area contributed by atoms with Crippen molar-refractivity contribution in [1.82, 2.24) is 0 Å². The number of aryl methyl sites for hydroxylation is 1. The predicted octanol–water partition coefficient (Wildman–Crippen LogP) is 2.24. The van der Waals surface area contributed by atoms with Gasteiger partial charge in [0.05, 0.1) is 6.10 Å². The summed E-state index contributed by atoms with van der Waals surface area (Å²) in [5.41, 5.74) is 2.62. The van der Waals surface area contributed by atoms with Crippen LogP contribution in [-0.4, -0.2) is 30.3 Å². The zero-order valence-corrected chi connectivity index (χ0v) is 12.3. The van der Waals surface area contributed by atoms with Crippen LogP contribution in [0, 0.1) is 18.8 Å².